The van der Waals surface area contributed by atoms with E-state index in [1.54, 1.807) is 0 Å². The number of nitrogens with one attached hydrogen (secondary N) is 1. The van der Waals surface area contributed by atoms with E-state index in [4.69, 9.17) is 10.1 Å². The van der Waals surface area contributed by atoms with Crippen LogP contribution in [-0.4, -0.2) is 30.4 Å². The molecule has 0 fully saturated rings. The van der Waals surface area contributed by atoms with Gasteiger partial charge in [-0.1, -0.05) is 103 Å². The van der Waals surface area contributed by atoms with E-state index in [9.17, 15) is 0 Å². The molecule has 2 rings (SSSR count). The maximum absolute atomic E-state index is 8.96. The molecule has 0 heterocycles. The fraction of sp³-hybridized carbons (Fsp3) is 0.621. The molecule has 4 heteroatoms. The van der Waals surface area contributed by atoms with E-state index < -0.39 is 0 Å². The van der Waals surface area contributed by atoms with Gasteiger partial charge in [-0.05, 0) is 36.8 Å². The van der Waals surface area contributed by atoms with E-state index in [1.165, 1.54) is 44.9 Å². The summed E-state index contributed by atoms with van der Waals surface area (Å²) in [6, 6.07) is 12.6. The minimum atomic E-state index is 0. The van der Waals surface area contributed by atoms with E-state index >= 15 is 0 Å². The van der Waals surface area contributed by atoms with Crippen molar-refractivity contribution in [3.8, 4) is 5.75 Å². The minimum Gasteiger partial charge on any atom is -0.493 e. The van der Waals surface area contributed by atoms with Gasteiger partial charge in [0, 0.05) is 24.0 Å². The Morgan fingerprint density at radius 2 is 1.24 bits per heavy atom. The molecule has 0 radical (unpaired) electrons. The first-order valence-electron chi connectivity index (χ1n) is 13.2. The molecule has 0 saturated carbocycles. The van der Waals surface area contributed by atoms with Crippen LogP contribution in [0.2, 0.25) is 0 Å². The van der Waals surface area contributed by atoms with E-state index in [0.29, 0.717) is 5.84 Å². The topological polar surface area (TPSA) is 36.3 Å². The van der Waals surface area contributed by atoms with Crippen LogP contribution in [-0.2, 0) is 0 Å². The molecule has 186 valence electrons. The van der Waals surface area contributed by atoms with E-state index in [-0.39, 0.29) is 12.4 Å². The smallest absolute Gasteiger partial charge is 0.128 e. The Bertz CT molecular complexity index is 784. The lowest BCUT2D eigenvalue weighted by molar-refractivity contribution is 0.307. The van der Waals surface area contributed by atoms with Crippen molar-refractivity contribution >= 4 is 29.0 Å². The van der Waals surface area contributed by atoms with Gasteiger partial charge in [0.05, 0.1) is 6.61 Å². The number of halogens is 1. The van der Waals surface area contributed by atoms with Gasteiger partial charge in [-0.15, -0.1) is 12.4 Å². The quantitative estimate of drug-likeness (QED) is 0.141. The van der Waals surface area contributed by atoms with Crippen LogP contribution in [0.25, 0.3) is 10.8 Å². The first-order chi connectivity index (χ1) is 15.7. The average Bonchev–Trinajstić information content (AvgIpc) is 2.82. The third kappa shape index (κ3) is 9.96. The van der Waals surface area contributed by atoms with Gasteiger partial charge in [-0.2, -0.15) is 0 Å². The van der Waals surface area contributed by atoms with Crippen molar-refractivity contribution in [1.29, 1.82) is 5.41 Å². The second-order valence-electron chi connectivity index (χ2n) is 9.02. The number of fused-ring (bicyclic) bond motifs is 1. The van der Waals surface area contributed by atoms with Crippen LogP contribution in [0.15, 0.2) is 36.4 Å². The zero-order valence-electron chi connectivity index (χ0n) is 21.3. The van der Waals surface area contributed by atoms with Gasteiger partial charge in [0.1, 0.15) is 11.6 Å². The van der Waals surface area contributed by atoms with Crippen LogP contribution in [0.5, 0.6) is 5.75 Å². The van der Waals surface area contributed by atoms with Gasteiger partial charge in [-0.25, -0.2) is 0 Å². The molecule has 1 N–H and O–H groups in total. The highest BCUT2D eigenvalue weighted by molar-refractivity contribution is 6.09. The maximum atomic E-state index is 8.96. The first-order valence-corrected chi connectivity index (χ1v) is 13.2. The van der Waals surface area contributed by atoms with Crippen LogP contribution in [0.3, 0.4) is 0 Å². The molecule has 2 aromatic rings. The van der Waals surface area contributed by atoms with E-state index in [0.717, 1.165) is 73.9 Å². The van der Waals surface area contributed by atoms with Crippen molar-refractivity contribution in [2.24, 2.45) is 0 Å². The van der Waals surface area contributed by atoms with Gasteiger partial charge in [0.25, 0.3) is 0 Å². The summed E-state index contributed by atoms with van der Waals surface area (Å²) in [6.07, 6.45) is 15.0. The summed E-state index contributed by atoms with van der Waals surface area (Å²) in [5, 5.41) is 11.2. The molecule has 3 nitrogen and oxygen atoms in total. The highest BCUT2D eigenvalue weighted by atomic mass is 35.5. The molecule has 0 aromatic heterocycles. The lowest BCUT2D eigenvalue weighted by atomic mass is 10.0. The lowest BCUT2D eigenvalue weighted by Gasteiger charge is -2.26. The average molecular weight is 475 g/mol. The van der Waals surface area contributed by atoms with Crippen LogP contribution in [0.4, 0.5) is 0 Å². The molecule has 0 aliphatic carbocycles. The largest absolute Gasteiger partial charge is 0.493 e. The van der Waals surface area contributed by atoms with Crippen molar-refractivity contribution in [2.45, 2.75) is 97.8 Å². The van der Waals surface area contributed by atoms with Crippen LogP contribution < -0.4 is 4.74 Å². The van der Waals surface area contributed by atoms with Gasteiger partial charge >= 0.3 is 0 Å². The Labute approximate surface area is 209 Å². The molecule has 0 atom stereocenters. The summed E-state index contributed by atoms with van der Waals surface area (Å²) in [5.41, 5.74) is 1.02. The number of nitrogens with zero attached hydrogens (tertiary/aromatic N) is 1. The normalized spacial score (nSPS) is 10.8. The van der Waals surface area contributed by atoms with Crippen molar-refractivity contribution in [1.82, 2.24) is 4.90 Å². The Hall–Kier alpha value is -1.74. The summed E-state index contributed by atoms with van der Waals surface area (Å²) in [6.45, 7) is 9.40. The lowest BCUT2D eigenvalue weighted by Crippen LogP contribution is -2.33. The Morgan fingerprint density at radius 1 is 0.697 bits per heavy atom. The fourth-order valence-corrected chi connectivity index (χ4v) is 4.23. The van der Waals surface area contributed by atoms with Crippen LogP contribution in [0.1, 0.15) is 103 Å². The molecule has 0 aliphatic heterocycles. The second kappa shape index (κ2) is 17.7. The third-order valence-corrected chi connectivity index (χ3v) is 6.27. The molecule has 33 heavy (non-hydrogen) atoms. The van der Waals surface area contributed by atoms with Crippen molar-refractivity contribution < 1.29 is 4.74 Å². The number of hydrogen-bond acceptors (Lipinski definition) is 2. The fourth-order valence-electron chi connectivity index (χ4n) is 4.23. The Balaban J connectivity index is 0.00000544. The van der Waals surface area contributed by atoms with Gasteiger partial charge in [0.2, 0.25) is 0 Å². The second-order valence-corrected chi connectivity index (χ2v) is 9.02. The molecule has 2 aromatic carbocycles. The van der Waals surface area contributed by atoms with Gasteiger partial charge < -0.3 is 9.64 Å². The number of ether oxygens (including phenoxy) is 1. The third-order valence-electron chi connectivity index (χ3n) is 6.27. The highest BCUT2D eigenvalue weighted by Crippen LogP contribution is 2.30. The Kier molecular flexibility index (Phi) is 15.7. The molecule has 0 saturated heterocycles. The van der Waals surface area contributed by atoms with Crippen molar-refractivity contribution in [2.75, 3.05) is 19.7 Å². The van der Waals surface area contributed by atoms with E-state index in [2.05, 4.69) is 62.1 Å². The zero-order chi connectivity index (χ0) is 23.0. The SMILES string of the molecule is CCCCCCCCCCOc1ccc(C(=N)N(CCCC)CCCC)c2ccccc12.Cl. The summed E-state index contributed by atoms with van der Waals surface area (Å²) >= 11 is 0. The Morgan fingerprint density at radius 3 is 1.85 bits per heavy atom. The molecular formula is C29H47ClN2O. The van der Waals surface area contributed by atoms with Gasteiger partial charge in [-0.3, -0.25) is 5.41 Å². The predicted octanol–water partition coefficient (Wildman–Crippen LogP) is 9.01. The number of unbranched alkanes of at least 4 members (excludes halogenated alkanes) is 9. The molecular weight excluding hydrogens is 428 g/mol. The summed E-state index contributed by atoms with van der Waals surface area (Å²) in [7, 11) is 0. The number of hydrogen-bond donors (Lipinski definition) is 1. The zero-order valence-corrected chi connectivity index (χ0v) is 22.2. The monoisotopic (exact) mass is 474 g/mol. The van der Waals surface area contributed by atoms with Crippen molar-refractivity contribution in [3.63, 3.8) is 0 Å². The maximum Gasteiger partial charge on any atom is 0.128 e. The van der Waals surface area contributed by atoms with Gasteiger partial charge in [0.15, 0.2) is 0 Å². The number of rotatable bonds is 17. The molecule has 0 spiro atoms. The standard InChI is InChI=1S/C29H46N2O.ClH/c1-4-7-10-11-12-13-14-17-24-32-28-21-20-27(25-18-15-16-19-26(25)28)29(30)31(22-8-5-2)23-9-6-3;/h15-16,18-21,30H,4-14,17,22-24H2,1-3H3;1H. The molecule has 0 aliphatic rings. The summed E-state index contributed by atoms with van der Waals surface area (Å²) in [4.78, 5) is 2.26. The summed E-state index contributed by atoms with van der Waals surface area (Å²) in [5.74, 6) is 1.60. The highest BCUT2D eigenvalue weighted by Gasteiger charge is 2.15. The van der Waals surface area contributed by atoms with Crippen LogP contribution in [0, 0.1) is 5.41 Å². The number of benzene rings is 2. The molecule has 0 unspecified atom stereocenters. The first kappa shape index (κ1) is 29.3. The number of amidine groups is 1. The minimum absolute atomic E-state index is 0. The van der Waals surface area contributed by atoms with E-state index in [1.807, 2.05) is 0 Å². The predicted molar refractivity (Wildman–Crippen MR) is 148 cm³/mol. The van der Waals surface area contributed by atoms with Crippen molar-refractivity contribution in [3.05, 3.63) is 42.0 Å². The molecule has 0 bridgehead atoms. The molecule has 0 amide bonds. The summed E-state index contributed by atoms with van der Waals surface area (Å²) < 4.78 is 6.21. The van der Waals surface area contributed by atoms with Crippen LogP contribution >= 0.6 is 12.4 Å².